The standard InChI is InChI=1S/C13H16F2N4/c1-8-4-10(12(15)6-11(8)14)13(16-2)5-9-7-19(3)18-17-9/h4,6-7,13,16H,5H2,1-3H3. The van der Waals surface area contributed by atoms with Crippen LogP contribution in [0.15, 0.2) is 18.3 Å². The van der Waals surface area contributed by atoms with E-state index in [-0.39, 0.29) is 6.04 Å². The molecule has 1 unspecified atom stereocenters. The number of nitrogens with one attached hydrogen (secondary N) is 1. The van der Waals surface area contributed by atoms with Crippen LogP contribution < -0.4 is 5.32 Å². The van der Waals surface area contributed by atoms with Gasteiger partial charge in [0, 0.05) is 37.3 Å². The van der Waals surface area contributed by atoms with E-state index in [1.54, 1.807) is 31.9 Å². The highest BCUT2D eigenvalue weighted by Gasteiger charge is 2.18. The van der Waals surface area contributed by atoms with Crippen molar-refractivity contribution >= 4 is 0 Å². The van der Waals surface area contributed by atoms with Crippen LogP contribution in [0.2, 0.25) is 0 Å². The molecule has 19 heavy (non-hydrogen) atoms. The van der Waals surface area contributed by atoms with E-state index in [2.05, 4.69) is 15.6 Å². The number of halogens is 2. The molecular weight excluding hydrogens is 250 g/mol. The van der Waals surface area contributed by atoms with Crippen molar-refractivity contribution in [3.05, 3.63) is 46.8 Å². The zero-order valence-corrected chi connectivity index (χ0v) is 11.1. The number of hydrogen-bond acceptors (Lipinski definition) is 3. The summed E-state index contributed by atoms with van der Waals surface area (Å²) >= 11 is 0. The second-order valence-corrected chi connectivity index (χ2v) is 4.55. The van der Waals surface area contributed by atoms with Crippen molar-refractivity contribution in [2.75, 3.05) is 7.05 Å². The van der Waals surface area contributed by atoms with Crippen LogP contribution in [0.3, 0.4) is 0 Å². The summed E-state index contributed by atoms with van der Waals surface area (Å²) in [7, 11) is 3.51. The van der Waals surface area contributed by atoms with Gasteiger partial charge in [0.05, 0.1) is 5.69 Å². The van der Waals surface area contributed by atoms with E-state index in [0.29, 0.717) is 17.5 Å². The van der Waals surface area contributed by atoms with Crippen molar-refractivity contribution in [1.29, 1.82) is 0 Å². The molecule has 2 rings (SSSR count). The molecule has 0 aliphatic carbocycles. The first-order valence-electron chi connectivity index (χ1n) is 5.99. The molecule has 6 heteroatoms. The molecule has 0 spiro atoms. The summed E-state index contributed by atoms with van der Waals surface area (Å²) in [6.07, 6.45) is 2.27. The summed E-state index contributed by atoms with van der Waals surface area (Å²) in [6.45, 7) is 1.62. The molecule has 1 heterocycles. The van der Waals surface area contributed by atoms with Crippen LogP contribution in [0.25, 0.3) is 0 Å². The second-order valence-electron chi connectivity index (χ2n) is 4.55. The molecule has 0 radical (unpaired) electrons. The zero-order chi connectivity index (χ0) is 14.0. The predicted molar refractivity (Wildman–Crippen MR) is 67.6 cm³/mol. The van der Waals surface area contributed by atoms with Crippen LogP contribution in [-0.4, -0.2) is 22.0 Å². The Morgan fingerprint density at radius 2 is 2.05 bits per heavy atom. The van der Waals surface area contributed by atoms with Gasteiger partial charge < -0.3 is 5.32 Å². The van der Waals surface area contributed by atoms with Gasteiger partial charge in [-0.25, -0.2) is 8.78 Å². The molecule has 2 aromatic rings. The maximum absolute atomic E-state index is 13.9. The Balaban J connectivity index is 2.29. The lowest BCUT2D eigenvalue weighted by atomic mass is 9.99. The number of likely N-dealkylation sites (N-methyl/N-ethyl adjacent to an activating group) is 1. The molecular formula is C13H16F2N4. The first-order valence-corrected chi connectivity index (χ1v) is 5.99. The molecule has 0 bridgehead atoms. The van der Waals surface area contributed by atoms with Crippen LogP contribution in [0.5, 0.6) is 0 Å². The van der Waals surface area contributed by atoms with Crippen LogP contribution >= 0.6 is 0 Å². The SMILES string of the molecule is CNC(Cc1cn(C)nn1)c1cc(C)c(F)cc1F. The highest BCUT2D eigenvalue weighted by Crippen LogP contribution is 2.23. The van der Waals surface area contributed by atoms with E-state index in [9.17, 15) is 8.78 Å². The Morgan fingerprint density at radius 1 is 1.32 bits per heavy atom. The molecule has 1 N–H and O–H groups in total. The van der Waals surface area contributed by atoms with Crippen LogP contribution in [-0.2, 0) is 13.5 Å². The van der Waals surface area contributed by atoms with Crippen molar-refractivity contribution in [2.45, 2.75) is 19.4 Å². The zero-order valence-electron chi connectivity index (χ0n) is 11.1. The number of rotatable bonds is 4. The minimum Gasteiger partial charge on any atom is -0.313 e. The molecule has 0 aliphatic rings. The van der Waals surface area contributed by atoms with E-state index in [0.717, 1.165) is 11.8 Å². The molecule has 0 amide bonds. The fourth-order valence-electron chi connectivity index (χ4n) is 2.01. The van der Waals surface area contributed by atoms with Crippen LogP contribution in [0.1, 0.15) is 22.9 Å². The number of aromatic nitrogens is 3. The van der Waals surface area contributed by atoms with Gasteiger partial charge in [-0.05, 0) is 25.6 Å². The minimum atomic E-state index is -0.550. The van der Waals surface area contributed by atoms with E-state index >= 15 is 0 Å². The largest absolute Gasteiger partial charge is 0.313 e. The Bertz CT molecular complexity index is 580. The topological polar surface area (TPSA) is 42.7 Å². The molecule has 1 aromatic heterocycles. The van der Waals surface area contributed by atoms with Crippen molar-refractivity contribution in [3.8, 4) is 0 Å². The van der Waals surface area contributed by atoms with Gasteiger partial charge in [-0.15, -0.1) is 5.10 Å². The summed E-state index contributed by atoms with van der Waals surface area (Å²) in [5.41, 5.74) is 1.62. The van der Waals surface area contributed by atoms with Gasteiger partial charge in [0.25, 0.3) is 0 Å². The van der Waals surface area contributed by atoms with Gasteiger partial charge >= 0.3 is 0 Å². The van der Waals surface area contributed by atoms with E-state index in [1.165, 1.54) is 6.07 Å². The molecule has 102 valence electrons. The smallest absolute Gasteiger partial charge is 0.130 e. The Kier molecular flexibility index (Phi) is 3.90. The van der Waals surface area contributed by atoms with Crippen LogP contribution in [0, 0.1) is 18.6 Å². The van der Waals surface area contributed by atoms with Gasteiger partial charge in [-0.3, -0.25) is 4.68 Å². The van der Waals surface area contributed by atoms with Crippen molar-refractivity contribution < 1.29 is 8.78 Å². The fourth-order valence-corrected chi connectivity index (χ4v) is 2.01. The van der Waals surface area contributed by atoms with Crippen molar-refractivity contribution in [2.24, 2.45) is 7.05 Å². The number of hydrogen-bond donors (Lipinski definition) is 1. The van der Waals surface area contributed by atoms with Gasteiger partial charge in [-0.2, -0.15) is 0 Å². The third-order valence-electron chi connectivity index (χ3n) is 3.07. The fraction of sp³-hybridized carbons (Fsp3) is 0.385. The summed E-state index contributed by atoms with van der Waals surface area (Å²) < 4.78 is 28.7. The Hall–Kier alpha value is -1.82. The Labute approximate surface area is 110 Å². The molecule has 0 aliphatic heterocycles. The normalized spacial score (nSPS) is 12.7. The van der Waals surface area contributed by atoms with Gasteiger partial charge in [0.1, 0.15) is 11.6 Å². The van der Waals surface area contributed by atoms with Crippen molar-refractivity contribution in [3.63, 3.8) is 0 Å². The average Bonchev–Trinajstić information content (AvgIpc) is 2.77. The molecule has 0 saturated carbocycles. The summed E-state index contributed by atoms with van der Waals surface area (Å²) in [6, 6.07) is 2.18. The average molecular weight is 266 g/mol. The third kappa shape index (κ3) is 2.96. The molecule has 1 aromatic carbocycles. The summed E-state index contributed by atoms with van der Waals surface area (Å²) in [5.74, 6) is -1.08. The third-order valence-corrected chi connectivity index (χ3v) is 3.07. The maximum atomic E-state index is 13.9. The molecule has 1 atom stereocenters. The highest BCUT2D eigenvalue weighted by atomic mass is 19.1. The maximum Gasteiger partial charge on any atom is 0.130 e. The van der Waals surface area contributed by atoms with Crippen LogP contribution in [0.4, 0.5) is 8.78 Å². The van der Waals surface area contributed by atoms with Gasteiger partial charge in [0.2, 0.25) is 0 Å². The first kappa shape index (κ1) is 13.6. The predicted octanol–water partition coefficient (Wildman–Crippen LogP) is 1.90. The first-order chi connectivity index (χ1) is 9.01. The monoisotopic (exact) mass is 266 g/mol. The lowest BCUT2D eigenvalue weighted by Crippen LogP contribution is -2.20. The molecule has 4 nitrogen and oxygen atoms in total. The van der Waals surface area contributed by atoms with Crippen molar-refractivity contribution in [1.82, 2.24) is 20.3 Å². The quantitative estimate of drug-likeness (QED) is 0.919. The van der Waals surface area contributed by atoms with Gasteiger partial charge in [0.15, 0.2) is 0 Å². The Morgan fingerprint density at radius 3 is 2.63 bits per heavy atom. The minimum absolute atomic E-state index is 0.268. The summed E-state index contributed by atoms with van der Waals surface area (Å²) in [5, 5.41) is 10.8. The van der Waals surface area contributed by atoms with E-state index in [4.69, 9.17) is 0 Å². The molecule has 0 fully saturated rings. The lowest BCUT2D eigenvalue weighted by Gasteiger charge is -2.17. The summed E-state index contributed by atoms with van der Waals surface area (Å²) in [4.78, 5) is 0. The van der Waals surface area contributed by atoms with E-state index in [1.807, 2.05) is 0 Å². The lowest BCUT2D eigenvalue weighted by molar-refractivity contribution is 0.516. The molecule has 0 saturated heterocycles. The highest BCUT2D eigenvalue weighted by molar-refractivity contribution is 5.29. The number of benzene rings is 1. The number of nitrogens with zero attached hydrogens (tertiary/aromatic N) is 3. The number of aryl methyl sites for hydroxylation is 2. The van der Waals surface area contributed by atoms with E-state index < -0.39 is 11.6 Å². The second kappa shape index (κ2) is 5.44. The van der Waals surface area contributed by atoms with Gasteiger partial charge in [-0.1, -0.05) is 5.21 Å².